The van der Waals surface area contributed by atoms with E-state index in [-0.39, 0.29) is 12.3 Å². The van der Waals surface area contributed by atoms with Crippen molar-refractivity contribution >= 4 is 46.1 Å². The number of rotatable bonds is 4. The first-order chi connectivity index (χ1) is 13.0. The number of thiazole rings is 1. The third-order valence-electron chi connectivity index (χ3n) is 3.30. The van der Waals surface area contributed by atoms with Crippen LogP contribution in [0.2, 0.25) is 0 Å². The number of aromatic nitrogens is 3. The summed E-state index contributed by atoms with van der Waals surface area (Å²) in [5.41, 5.74) is 8.16. The highest BCUT2D eigenvalue weighted by molar-refractivity contribution is 8.00. The molecule has 0 aliphatic carbocycles. The van der Waals surface area contributed by atoms with Gasteiger partial charge in [0.1, 0.15) is 10.8 Å². The number of ether oxygens (including phenoxy) is 1. The van der Waals surface area contributed by atoms with Gasteiger partial charge in [-0.25, -0.2) is 9.97 Å². The van der Waals surface area contributed by atoms with Crippen LogP contribution in [0, 0.1) is 6.92 Å². The Labute approximate surface area is 171 Å². The molecule has 0 aromatic carbocycles. The fraction of sp³-hybridized carbons (Fsp3) is 0.333. The SMILES string of the molecule is CSc1nc(C)ns1.C\C1=C/C(c2nc(CC(N)=O)cs2)=C\C=C\OCC1. The van der Waals surface area contributed by atoms with Crippen LogP contribution in [0.15, 0.2) is 39.8 Å². The Bertz CT molecular complexity index is 852. The molecule has 0 fully saturated rings. The van der Waals surface area contributed by atoms with Crippen molar-refractivity contribution in [2.24, 2.45) is 5.73 Å². The van der Waals surface area contributed by atoms with Crippen molar-refractivity contribution in [1.82, 2.24) is 14.3 Å². The van der Waals surface area contributed by atoms with Gasteiger partial charge in [-0.1, -0.05) is 23.4 Å². The second kappa shape index (κ2) is 11.0. The standard InChI is InChI=1S/C14H16N2O2S.C4H6N2S2/c1-10-4-6-18-5-2-3-11(7-10)14-16-12(9-19-14)8-13(15)17;1-3-5-4(7-2)8-6-3/h2-3,5,7,9H,4,6,8H2,1H3,(H2,15,17);1-2H3/b5-2+,10-7+,11-3+;. The van der Waals surface area contributed by atoms with Crippen LogP contribution in [0.3, 0.4) is 0 Å². The quantitative estimate of drug-likeness (QED) is 0.749. The van der Waals surface area contributed by atoms with Crippen LogP contribution in [0.5, 0.6) is 0 Å². The first-order valence-corrected chi connectivity index (χ1v) is 11.1. The zero-order valence-electron chi connectivity index (χ0n) is 15.5. The van der Waals surface area contributed by atoms with Crippen molar-refractivity contribution < 1.29 is 9.53 Å². The first kappa shape index (κ1) is 21.3. The summed E-state index contributed by atoms with van der Waals surface area (Å²) >= 11 is 4.60. The van der Waals surface area contributed by atoms with Gasteiger partial charge in [-0.05, 0) is 43.8 Å². The van der Waals surface area contributed by atoms with Crippen molar-refractivity contribution in [2.45, 2.75) is 31.0 Å². The van der Waals surface area contributed by atoms with Crippen molar-refractivity contribution in [1.29, 1.82) is 0 Å². The summed E-state index contributed by atoms with van der Waals surface area (Å²) in [7, 11) is 0. The number of nitrogens with zero attached hydrogens (tertiary/aromatic N) is 3. The molecule has 27 heavy (non-hydrogen) atoms. The van der Waals surface area contributed by atoms with Gasteiger partial charge >= 0.3 is 0 Å². The Morgan fingerprint density at radius 3 is 2.81 bits per heavy atom. The number of hydrogen-bond donors (Lipinski definition) is 1. The molecule has 2 aromatic heterocycles. The predicted molar refractivity (Wildman–Crippen MR) is 113 cm³/mol. The van der Waals surface area contributed by atoms with E-state index in [1.165, 1.54) is 28.4 Å². The summed E-state index contributed by atoms with van der Waals surface area (Å²) in [6.07, 6.45) is 10.7. The van der Waals surface area contributed by atoms with Crippen LogP contribution in [-0.4, -0.2) is 33.1 Å². The molecule has 0 saturated heterocycles. The third-order valence-corrected chi connectivity index (χ3v) is 6.01. The second-order valence-corrected chi connectivity index (χ2v) is 8.32. The fourth-order valence-electron chi connectivity index (χ4n) is 2.07. The van der Waals surface area contributed by atoms with Gasteiger partial charge in [0.05, 0.1) is 25.0 Å². The number of hydrogen-bond acceptors (Lipinski definition) is 8. The average Bonchev–Trinajstić information content (AvgIpc) is 3.26. The van der Waals surface area contributed by atoms with Crippen molar-refractivity contribution in [2.75, 3.05) is 12.9 Å². The third kappa shape index (κ3) is 7.66. The molecule has 0 atom stereocenters. The number of carbonyl (C=O) groups is 1. The molecule has 0 bridgehead atoms. The summed E-state index contributed by atoms with van der Waals surface area (Å²) in [5.74, 6) is 0.514. The summed E-state index contributed by atoms with van der Waals surface area (Å²) < 4.78 is 10.4. The maximum atomic E-state index is 10.9. The Morgan fingerprint density at radius 2 is 2.19 bits per heavy atom. The molecule has 2 aromatic rings. The highest BCUT2D eigenvalue weighted by atomic mass is 32.2. The van der Waals surface area contributed by atoms with Crippen LogP contribution >= 0.6 is 34.6 Å². The molecule has 9 heteroatoms. The smallest absolute Gasteiger partial charge is 0.223 e. The minimum absolute atomic E-state index is 0.186. The lowest BCUT2D eigenvalue weighted by atomic mass is 10.1. The number of thioether (sulfide) groups is 1. The van der Waals surface area contributed by atoms with E-state index in [0.29, 0.717) is 6.61 Å². The maximum absolute atomic E-state index is 10.9. The molecule has 6 nitrogen and oxygen atoms in total. The first-order valence-electron chi connectivity index (χ1n) is 8.21. The van der Waals surface area contributed by atoms with Crippen LogP contribution in [0.25, 0.3) is 5.57 Å². The molecule has 3 heterocycles. The molecule has 144 valence electrons. The molecule has 1 aliphatic rings. The number of aryl methyl sites for hydroxylation is 1. The van der Waals surface area contributed by atoms with Gasteiger partial charge in [-0.2, -0.15) is 4.37 Å². The van der Waals surface area contributed by atoms with E-state index in [0.717, 1.165) is 32.9 Å². The van der Waals surface area contributed by atoms with Gasteiger partial charge in [0, 0.05) is 17.4 Å². The molecule has 0 saturated carbocycles. The van der Waals surface area contributed by atoms with Crippen molar-refractivity contribution in [3.63, 3.8) is 0 Å². The van der Waals surface area contributed by atoms with E-state index in [2.05, 4.69) is 27.3 Å². The van der Waals surface area contributed by atoms with E-state index in [9.17, 15) is 4.79 Å². The lowest BCUT2D eigenvalue weighted by Gasteiger charge is -2.01. The van der Waals surface area contributed by atoms with Gasteiger partial charge in [-0.3, -0.25) is 4.79 Å². The monoisotopic (exact) mass is 422 g/mol. The normalized spacial score (nSPS) is 18.9. The number of nitrogens with two attached hydrogens (primary N) is 1. The number of primary amides is 1. The van der Waals surface area contributed by atoms with Gasteiger partial charge in [0.2, 0.25) is 5.91 Å². The molecule has 0 radical (unpaired) electrons. The van der Waals surface area contributed by atoms with E-state index in [1.54, 1.807) is 18.0 Å². The van der Waals surface area contributed by atoms with Crippen LogP contribution in [0.4, 0.5) is 0 Å². The lowest BCUT2D eigenvalue weighted by molar-refractivity contribution is -0.117. The summed E-state index contributed by atoms with van der Waals surface area (Å²) in [4.78, 5) is 19.4. The topological polar surface area (TPSA) is 91.0 Å². The Balaban J connectivity index is 0.000000273. The Kier molecular flexibility index (Phi) is 8.70. The zero-order valence-corrected chi connectivity index (χ0v) is 17.9. The minimum atomic E-state index is -0.361. The number of carbonyl (C=O) groups excluding carboxylic acids is 1. The Morgan fingerprint density at radius 1 is 1.37 bits per heavy atom. The van der Waals surface area contributed by atoms with E-state index < -0.39 is 0 Å². The number of allylic oxidation sites excluding steroid dienone is 4. The largest absolute Gasteiger partial charge is 0.501 e. The van der Waals surface area contributed by atoms with E-state index in [1.807, 2.05) is 30.7 Å². The van der Waals surface area contributed by atoms with Crippen LogP contribution in [-0.2, 0) is 16.0 Å². The van der Waals surface area contributed by atoms with Crippen LogP contribution in [0.1, 0.15) is 29.9 Å². The van der Waals surface area contributed by atoms with E-state index >= 15 is 0 Å². The highest BCUT2D eigenvalue weighted by Crippen LogP contribution is 2.23. The van der Waals surface area contributed by atoms with E-state index in [4.69, 9.17) is 10.5 Å². The second-order valence-electron chi connectivity index (χ2n) is 5.66. The van der Waals surface area contributed by atoms with Crippen LogP contribution < -0.4 is 5.73 Å². The van der Waals surface area contributed by atoms with Gasteiger partial charge in [0.25, 0.3) is 0 Å². The average molecular weight is 423 g/mol. The maximum Gasteiger partial charge on any atom is 0.223 e. The zero-order chi connectivity index (χ0) is 19.6. The highest BCUT2D eigenvalue weighted by Gasteiger charge is 2.08. The summed E-state index contributed by atoms with van der Waals surface area (Å²) in [6.45, 7) is 4.65. The number of amides is 1. The molecule has 2 N–H and O–H groups in total. The molecule has 0 unspecified atom stereocenters. The molecular formula is C18H22N4O2S3. The lowest BCUT2D eigenvalue weighted by Crippen LogP contribution is -2.13. The molecule has 0 spiro atoms. The molecule has 3 rings (SSSR count). The van der Waals surface area contributed by atoms with Gasteiger partial charge < -0.3 is 10.5 Å². The van der Waals surface area contributed by atoms with Crippen molar-refractivity contribution in [3.05, 3.63) is 52.0 Å². The van der Waals surface area contributed by atoms with Gasteiger partial charge in [-0.15, -0.1) is 11.3 Å². The van der Waals surface area contributed by atoms with Crippen molar-refractivity contribution in [3.8, 4) is 0 Å². The summed E-state index contributed by atoms with van der Waals surface area (Å²) in [5, 5.41) is 2.76. The molecular weight excluding hydrogens is 400 g/mol. The molecule has 1 aliphatic heterocycles. The Hall–Kier alpha value is -1.97. The van der Waals surface area contributed by atoms with Gasteiger partial charge in [0.15, 0.2) is 4.34 Å². The fourth-order valence-corrected chi connectivity index (χ4v) is 3.94. The minimum Gasteiger partial charge on any atom is -0.501 e. The summed E-state index contributed by atoms with van der Waals surface area (Å²) in [6, 6.07) is 0. The predicted octanol–water partition coefficient (Wildman–Crippen LogP) is 4.00. The molecule has 1 amide bonds.